The first-order chi connectivity index (χ1) is 10.3. The monoisotopic (exact) mass is 292 g/mol. The van der Waals surface area contributed by atoms with Gasteiger partial charge in [-0.15, -0.1) is 0 Å². The maximum atomic E-state index is 12.8. The van der Waals surface area contributed by atoms with E-state index < -0.39 is 0 Å². The maximum Gasteiger partial charge on any atom is 0.223 e. The highest BCUT2D eigenvalue weighted by molar-refractivity contribution is 5.77. The molecule has 118 valence electrons. The molecule has 1 aliphatic carbocycles. The minimum Gasteiger partial charge on any atom is -0.381 e. The van der Waals surface area contributed by atoms with E-state index in [0.717, 1.165) is 32.6 Å². The van der Waals surface area contributed by atoms with E-state index in [1.165, 1.54) is 38.5 Å². The standard InChI is InChI=1S/C17H28N2O2/c20-17(9-13-7-14-1-2-15(8-13)18-14)19(16-3-4-16)10-12-5-6-21-11-12/h12-16,18H,1-11H2. The van der Waals surface area contributed by atoms with Gasteiger partial charge in [-0.05, 0) is 50.9 Å². The molecule has 21 heavy (non-hydrogen) atoms. The molecule has 4 nitrogen and oxygen atoms in total. The van der Waals surface area contributed by atoms with Crippen LogP contribution in [0.5, 0.6) is 0 Å². The Labute approximate surface area is 127 Å². The summed E-state index contributed by atoms with van der Waals surface area (Å²) in [6, 6.07) is 1.94. The van der Waals surface area contributed by atoms with Gasteiger partial charge in [0.05, 0.1) is 6.61 Å². The SMILES string of the molecule is O=C(CC1CC2CCC(C1)N2)N(CC1CCOC1)C1CC1. The average Bonchev–Trinajstić information content (AvgIpc) is 3.07. The molecule has 4 fully saturated rings. The lowest BCUT2D eigenvalue weighted by Crippen LogP contribution is -2.42. The van der Waals surface area contributed by atoms with Crippen LogP contribution in [0.3, 0.4) is 0 Å². The summed E-state index contributed by atoms with van der Waals surface area (Å²) in [5.41, 5.74) is 0. The molecule has 3 saturated heterocycles. The molecule has 0 aromatic rings. The number of nitrogens with one attached hydrogen (secondary N) is 1. The normalized spacial score (nSPS) is 38.7. The highest BCUT2D eigenvalue weighted by atomic mass is 16.5. The molecule has 0 radical (unpaired) electrons. The van der Waals surface area contributed by atoms with Crippen molar-refractivity contribution >= 4 is 5.91 Å². The van der Waals surface area contributed by atoms with Gasteiger partial charge in [-0.25, -0.2) is 0 Å². The Morgan fingerprint density at radius 2 is 1.81 bits per heavy atom. The summed E-state index contributed by atoms with van der Waals surface area (Å²) in [5, 5.41) is 3.68. The summed E-state index contributed by atoms with van der Waals surface area (Å²) in [6.45, 7) is 2.68. The van der Waals surface area contributed by atoms with Gasteiger partial charge in [0.2, 0.25) is 5.91 Å². The van der Waals surface area contributed by atoms with Gasteiger partial charge in [0.25, 0.3) is 0 Å². The van der Waals surface area contributed by atoms with E-state index in [9.17, 15) is 4.79 Å². The lowest BCUT2D eigenvalue weighted by atomic mass is 9.89. The molecule has 4 aliphatic rings. The zero-order chi connectivity index (χ0) is 14.2. The van der Waals surface area contributed by atoms with Crippen molar-refractivity contribution in [2.45, 2.75) is 69.5 Å². The van der Waals surface area contributed by atoms with Crippen LogP contribution in [0, 0.1) is 11.8 Å². The van der Waals surface area contributed by atoms with Crippen molar-refractivity contribution < 1.29 is 9.53 Å². The van der Waals surface area contributed by atoms with E-state index in [2.05, 4.69) is 10.2 Å². The van der Waals surface area contributed by atoms with E-state index >= 15 is 0 Å². The van der Waals surface area contributed by atoms with Gasteiger partial charge in [0.15, 0.2) is 0 Å². The summed E-state index contributed by atoms with van der Waals surface area (Å²) in [5.74, 6) is 1.63. The maximum absolute atomic E-state index is 12.8. The van der Waals surface area contributed by atoms with Gasteiger partial charge < -0.3 is 15.0 Å². The van der Waals surface area contributed by atoms with Gasteiger partial charge >= 0.3 is 0 Å². The Bertz CT molecular complexity index is 378. The molecule has 4 rings (SSSR count). The molecule has 3 aliphatic heterocycles. The largest absolute Gasteiger partial charge is 0.381 e. The van der Waals surface area contributed by atoms with E-state index in [-0.39, 0.29) is 0 Å². The first kappa shape index (κ1) is 14.0. The quantitative estimate of drug-likeness (QED) is 0.842. The summed E-state index contributed by atoms with van der Waals surface area (Å²) in [7, 11) is 0. The number of hydrogen-bond donors (Lipinski definition) is 1. The average molecular weight is 292 g/mol. The Hall–Kier alpha value is -0.610. The molecular formula is C17H28N2O2. The van der Waals surface area contributed by atoms with Crippen LogP contribution in [0.15, 0.2) is 0 Å². The van der Waals surface area contributed by atoms with Crippen LogP contribution in [-0.2, 0) is 9.53 Å². The van der Waals surface area contributed by atoms with Crippen molar-refractivity contribution in [3.8, 4) is 0 Å². The summed E-state index contributed by atoms with van der Waals surface area (Å²) >= 11 is 0. The zero-order valence-corrected chi connectivity index (χ0v) is 12.9. The van der Waals surface area contributed by atoms with Crippen molar-refractivity contribution in [3.05, 3.63) is 0 Å². The molecule has 0 aromatic carbocycles. The topological polar surface area (TPSA) is 41.6 Å². The first-order valence-electron chi connectivity index (χ1n) is 8.91. The summed E-state index contributed by atoms with van der Waals surface area (Å²) < 4.78 is 5.48. The smallest absolute Gasteiger partial charge is 0.223 e. The molecule has 4 heteroatoms. The fourth-order valence-corrected chi connectivity index (χ4v) is 4.55. The Kier molecular flexibility index (Phi) is 3.92. The molecule has 1 saturated carbocycles. The van der Waals surface area contributed by atoms with Crippen LogP contribution >= 0.6 is 0 Å². The molecule has 1 N–H and O–H groups in total. The molecule has 3 heterocycles. The Morgan fingerprint density at radius 3 is 2.43 bits per heavy atom. The van der Waals surface area contributed by atoms with Crippen LogP contribution in [0.2, 0.25) is 0 Å². The number of carbonyl (C=O) groups excluding carboxylic acids is 1. The summed E-state index contributed by atoms with van der Waals surface area (Å²) in [4.78, 5) is 15.0. The highest BCUT2D eigenvalue weighted by Gasteiger charge is 2.38. The number of piperidine rings is 1. The van der Waals surface area contributed by atoms with Gasteiger partial charge in [-0.1, -0.05) is 0 Å². The number of amides is 1. The fraction of sp³-hybridized carbons (Fsp3) is 0.941. The predicted molar refractivity (Wildman–Crippen MR) is 80.9 cm³/mol. The minimum atomic E-state index is 0.427. The van der Waals surface area contributed by atoms with Gasteiger partial charge in [0, 0.05) is 43.6 Å². The highest BCUT2D eigenvalue weighted by Crippen LogP contribution is 2.35. The summed E-state index contributed by atoms with van der Waals surface area (Å²) in [6.07, 6.45) is 9.43. The van der Waals surface area contributed by atoms with Crippen molar-refractivity contribution in [3.63, 3.8) is 0 Å². The van der Waals surface area contributed by atoms with Crippen LogP contribution in [0.1, 0.15) is 51.4 Å². The van der Waals surface area contributed by atoms with E-state index in [1.807, 2.05) is 0 Å². The van der Waals surface area contributed by atoms with Gasteiger partial charge in [-0.3, -0.25) is 4.79 Å². The Balaban J connectivity index is 1.33. The zero-order valence-electron chi connectivity index (χ0n) is 12.9. The van der Waals surface area contributed by atoms with Crippen molar-refractivity contribution in [2.75, 3.05) is 19.8 Å². The van der Waals surface area contributed by atoms with Gasteiger partial charge in [0.1, 0.15) is 0 Å². The Morgan fingerprint density at radius 1 is 1.05 bits per heavy atom. The fourth-order valence-electron chi connectivity index (χ4n) is 4.55. The first-order valence-corrected chi connectivity index (χ1v) is 8.91. The number of rotatable bonds is 5. The second kappa shape index (κ2) is 5.88. The van der Waals surface area contributed by atoms with E-state index in [0.29, 0.717) is 35.9 Å². The number of ether oxygens (including phenoxy) is 1. The second-order valence-corrected chi connectivity index (χ2v) is 7.69. The van der Waals surface area contributed by atoms with Crippen molar-refractivity contribution in [1.82, 2.24) is 10.2 Å². The number of hydrogen-bond acceptors (Lipinski definition) is 3. The molecular weight excluding hydrogens is 264 g/mol. The van der Waals surface area contributed by atoms with Crippen LogP contribution in [-0.4, -0.2) is 48.7 Å². The van der Waals surface area contributed by atoms with Crippen LogP contribution < -0.4 is 5.32 Å². The lowest BCUT2D eigenvalue weighted by molar-refractivity contribution is -0.133. The second-order valence-electron chi connectivity index (χ2n) is 7.69. The van der Waals surface area contributed by atoms with Crippen molar-refractivity contribution in [1.29, 1.82) is 0 Å². The molecule has 1 amide bonds. The minimum absolute atomic E-state index is 0.427. The van der Waals surface area contributed by atoms with Crippen LogP contribution in [0.25, 0.3) is 0 Å². The third-order valence-electron chi connectivity index (χ3n) is 5.82. The lowest BCUT2D eigenvalue weighted by Gasteiger charge is -2.31. The molecule has 0 aromatic heterocycles. The predicted octanol–water partition coefficient (Wildman–Crippen LogP) is 1.93. The van der Waals surface area contributed by atoms with E-state index in [1.54, 1.807) is 0 Å². The molecule has 2 bridgehead atoms. The third-order valence-corrected chi connectivity index (χ3v) is 5.82. The number of fused-ring (bicyclic) bond motifs is 2. The molecule has 3 atom stereocenters. The van der Waals surface area contributed by atoms with E-state index in [4.69, 9.17) is 4.74 Å². The van der Waals surface area contributed by atoms with Crippen LogP contribution in [0.4, 0.5) is 0 Å². The van der Waals surface area contributed by atoms with Crippen molar-refractivity contribution in [2.24, 2.45) is 11.8 Å². The molecule has 3 unspecified atom stereocenters. The van der Waals surface area contributed by atoms with Gasteiger partial charge in [-0.2, -0.15) is 0 Å². The third kappa shape index (κ3) is 3.26. The number of nitrogens with zero attached hydrogens (tertiary/aromatic N) is 1. The number of carbonyl (C=O) groups is 1. The molecule has 0 spiro atoms.